The lowest BCUT2D eigenvalue weighted by Gasteiger charge is -2.22. The standard InChI is InChI=1S/C20H24N4O2/c1-3-23(15-16-9-5-8-12-19(16)26-4-2)20(25)13-14-24-18-11-7-6-10-17(18)21-22-24/h5-12H,3-4,13-15H2,1-2H3. The van der Waals surface area contributed by atoms with Gasteiger partial charge in [-0.3, -0.25) is 4.79 Å². The van der Waals surface area contributed by atoms with Crippen LogP contribution < -0.4 is 4.74 Å². The Bertz CT molecular complexity index is 875. The maximum absolute atomic E-state index is 12.7. The van der Waals surface area contributed by atoms with Crippen molar-refractivity contribution < 1.29 is 9.53 Å². The van der Waals surface area contributed by atoms with Crippen molar-refractivity contribution in [1.29, 1.82) is 0 Å². The third-order valence-corrected chi connectivity index (χ3v) is 4.33. The number of ether oxygens (including phenoxy) is 1. The molecule has 3 rings (SSSR count). The largest absolute Gasteiger partial charge is 0.494 e. The first-order chi connectivity index (χ1) is 12.7. The van der Waals surface area contributed by atoms with Crippen LogP contribution in [0.2, 0.25) is 0 Å². The van der Waals surface area contributed by atoms with E-state index in [-0.39, 0.29) is 5.91 Å². The molecule has 0 aliphatic carbocycles. The number of hydrogen-bond acceptors (Lipinski definition) is 4. The summed E-state index contributed by atoms with van der Waals surface area (Å²) in [7, 11) is 0. The third kappa shape index (κ3) is 4.02. The molecule has 0 aliphatic rings. The van der Waals surface area contributed by atoms with Crippen LogP contribution in [0.15, 0.2) is 48.5 Å². The fourth-order valence-electron chi connectivity index (χ4n) is 2.95. The summed E-state index contributed by atoms with van der Waals surface area (Å²) in [5, 5.41) is 8.28. The second kappa shape index (κ2) is 8.47. The molecule has 0 fully saturated rings. The molecule has 0 bridgehead atoms. The zero-order valence-corrected chi connectivity index (χ0v) is 15.3. The highest BCUT2D eigenvalue weighted by molar-refractivity contribution is 5.77. The van der Waals surface area contributed by atoms with Gasteiger partial charge in [-0.05, 0) is 32.0 Å². The molecule has 0 atom stereocenters. The molecule has 0 aliphatic heterocycles. The normalized spacial score (nSPS) is 10.8. The van der Waals surface area contributed by atoms with Crippen LogP contribution in [-0.2, 0) is 17.9 Å². The quantitative estimate of drug-likeness (QED) is 0.624. The highest BCUT2D eigenvalue weighted by atomic mass is 16.5. The lowest BCUT2D eigenvalue weighted by molar-refractivity contribution is -0.131. The zero-order chi connectivity index (χ0) is 18.4. The van der Waals surface area contributed by atoms with E-state index in [9.17, 15) is 4.79 Å². The average molecular weight is 352 g/mol. The van der Waals surface area contributed by atoms with Crippen LogP contribution in [0, 0.1) is 0 Å². The van der Waals surface area contributed by atoms with Crippen molar-refractivity contribution in [3.8, 4) is 5.75 Å². The lowest BCUT2D eigenvalue weighted by atomic mass is 10.1. The predicted molar refractivity (Wildman–Crippen MR) is 101 cm³/mol. The SMILES string of the molecule is CCOc1ccccc1CN(CC)C(=O)CCn1nnc2ccccc21. The molecule has 6 heteroatoms. The zero-order valence-electron chi connectivity index (χ0n) is 15.3. The molecular formula is C20H24N4O2. The molecule has 26 heavy (non-hydrogen) atoms. The highest BCUT2D eigenvalue weighted by Gasteiger charge is 2.15. The molecule has 136 valence electrons. The summed E-state index contributed by atoms with van der Waals surface area (Å²) < 4.78 is 7.46. The van der Waals surface area contributed by atoms with Crippen molar-refractivity contribution in [2.24, 2.45) is 0 Å². The van der Waals surface area contributed by atoms with Crippen LogP contribution in [0.5, 0.6) is 5.75 Å². The van der Waals surface area contributed by atoms with Gasteiger partial charge >= 0.3 is 0 Å². The Balaban J connectivity index is 1.66. The highest BCUT2D eigenvalue weighted by Crippen LogP contribution is 2.20. The van der Waals surface area contributed by atoms with Crippen LogP contribution in [0.3, 0.4) is 0 Å². The topological polar surface area (TPSA) is 60.2 Å². The molecule has 0 saturated carbocycles. The van der Waals surface area contributed by atoms with Gasteiger partial charge in [0.25, 0.3) is 0 Å². The lowest BCUT2D eigenvalue weighted by Crippen LogP contribution is -2.31. The number of benzene rings is 2. The Kier molecular flexibility index (Phi) is 5.84. The van der Waals surface area contributed by atoms with Gasteiger partial charge in [0.2, 0.25) is 5.91 Å². The summed E-state index contributed by atoms with van der Waals surface area (Å²) in [5.74, 6) is 0.932. The molecule has 1 heterocycles. The number of aryl methyl sites for hydroxylation is 1. The van der Waals surface area contributed by atoms with Crippen molar-refractivity contribution in [2.45, 2.75) is 33.4 Å². The fourth-order valence-corrected chi connectivity index (χ4v) is 2.95. The van der Waals surface area contributed by atoms with E-state index in [1.165, 1.54) is 0 Å². The molecule has 0 saturated heterocycles. The van der Waals surface area contributed by atoms with E-state index >= 15 is 0 Å². The minimum Gasteiger partial charge on any atom is -0.494 e. The average Bonchev–Trinajstić information content (AvgIpc) is 3.09. The molecule has 6 nitrogen and oxygen atoms in total. The first kappa shape index (κ1) is 17.9. The molecule has 1 amide bonds. The monoisotopic (exact) mass is 352 g/mol. The smallest absolute Gasteiger partial charge is 0.224 e. The maximum atomic E-state index is 12.7. The van der Waals surface area contributed by atoms with Gasteiger partial charge in [0.1, 0.15) is 11.3 Å². The summed E-state index contributed by atoms with van der Waals surface area (Å²) in [4.78, 5) is 14.5. The fraction of sp³-hybridized carbons (Fsp3) is 0.350. The number of hydrogen-bond donors (Lipinski definition) is 0. The van der Waals surface area contributed by atoms with Crippen molar-refractivity contribution >= 4 is 16.9 Å². The Morgan fingerprint density at radius 3 is 2.69 bits per heavy atom. The number of carbonyl (C=O) groups is 1. The number of carbonyl (C=O) groups excluding carboxylic acids is 1. The van der Waals surface area contributed by atoms with Gasteiger partial charge in [0.05, 0.1) is 18.7 Å². The van der Waals surface area contributed by atoms with Gasteiger partial charge in [-0.25, -0.2) is 4.68 Å². The van der Waals surface area contributed by atoms with E-state index in [0.717, 1.165) is 22.3 Å². The summed E-state index contributed by atoms with van der Waals surface area (Å²) >= 11 is 0. The number of nitrogens with zero attached hydrogens (tertiary/aromatic N) is 4. The summed E-state index contributed by atoms with van der Waals surface area (Å²) in [6.07, 6.45) is 0.387. The van der Waals surface area contributed by atoms with Gasteiger partial charge in [-0.1, -0.05) is 35.5 Å². The molecule has 0 N–H and O–H groups in total. The third-order valence-electron chi connectivity index (χ3n) is 4.33. The minimum absolute atomic E-state index is 0.0957. The second-order valence-electron chi connectivity index (χ2n) is 6.00. The van der Waals surface area contributed by atoms with E-state index in [4.69, 9.17) is 4.74 Å². The van der Waals surface area contributed by atoms with Gasteiger partial charge in [0, 0.05) is 25.1 Å². The second-order valence-corrected chi connectivity index (χ2v) is 6.00. The molecule has 0 spiro atoms. The summed E-state index contributed by atoms with van der Waals surface area (Å²) in [5.41, 5.74) is 2.82. The number of aromatic nitrogens is 3. The van der Waals surface area contributed by atoms with Gasteiger partial charge in [0.15, 0.2) is 0 Å². The Labute approximate surface area is 153 Å². The van der Waals surface area contributed by atoms with Crippen LogP contribution >= 0.6 is 0 Å². The van der Waals surface area contributed by atoms with Crippen molar-refractivity contribution in [3.63, 3.8) is 0 Å². The number of amides is 1. The predicted octanol–water partition coefficient (Wildman–Crippen LogP) is 3.27. The number of para-hydroxylation sites is 2. The van der Waals surface area contributed by atoms with Crippen molar-refractivity contribution in [2.75, 3.05) is 13.2 Å². The van der Waals surface area contributed by atoms with E-state index in [2.05, 4.69) is 10.3 Å². The van der Waals surface area contributed by atoms with Gasteiger partial charge in [-0.2, -0.15) is 0 Å². The summed E-state index contributed by atoms with van der Waals surface area (Å²) in [6, 6.07) is 15.6. The number of fused-ring (bicyclic) bond motifs is 1. The van der Waals surface area contributed by atoms with E-state index in [1.807, 2.05) is 67.3 Å². The Hall–Kier alpha value is -2.89. The van der Waals surface area contributed by atoms with Gasteiger partial charge in [-0.15, -0.1) is 5.10 Å². The van der Waals surface area contributed by atoms with Gasteiger partial charge < -0.3 is 9.64 Å². The molecule has 2 aromatic carbocycles. The van der Waals surface area contributed by atoms with Crippen LogP contribution in [-0.4, -0.2) is 39.0 Å². The molecule has 1 aromatic heterocycles. The van der Waals surface area contributed by atoms with Crippen LogP contribution in [0.1, 0.15) is 25.8 Å². The van der Waals surface area contributed by atoms with Crippen LogP contribution in [0.4, 0.5) is 0 Å². The van der Waals surface area contributed by atoms with E-state index < -0.39 is 0 Å². The van der Waals surface area contributed by atoms with E-state index in [0.29, 0.717) is 32.7 Å². The molecule has 0 radical (unpaired) electrons. The molecular weight excluding hydrogens is 328 g/mol. The Morgan fingerprint density at radius 2 is 1.88 bits per heavy atom. The first-order valence-corrected chi connectivity index (χ1v) is 8.99. The summed E-state index contributed by atoms with van der Waals surface area (Å²) in [6.45, 7) is 6.27. The van der Waals surface area contributed by atoms with Crippen molar-refractivity contribution in [3.05, 3.63) is 54.1 Å². The molecule has 0 unspecified atom stereocenters. The minimum atomic E-state index is 0.0957. The van der Waals surface area contributed by atoms with E-state index in [1.54, 1.807) is 4.68 Å². The first-order valence-electron chi connectivity index (χ1n) is 8.99. The Morgan fingerprint density at radius 1 is 1.12 bits per heavy atom. The maximum Gasteiger partial charge on any atom is 0.224 e. The molecule has 3 aromatic rings. The van der Waals surface area contributed by atoms with Crippen molar-refractivity contribution in [1.82, 2.24) is 19.9 Å². The van der Waals surface area contributed by atoms with Crippen LogP contribution in [0.25, 0.3) is 11.0 Å². The number of rotatable bonds is 8.